The van der Waals surface area contributed by atoms with Crippen LogP contribution in [-0.4, -0.2) is 13.2 Å². The average Bonchev–Trinajstić information content (AvgIpc) is 2.23. The summed E-state index contributed by atoms with van der Waals surface area (Å²) >= 11 is 0. The van der Waals surface area contributed by atoms with Crippen molar-refractivity contribution in [3.63, 3.8) is 0 Å². The molecule has 14 heavy (non-hydrogen) atoms. The molecular formula is C12H15NO. The molecular weight excluding hydrogens is 174 g/mol. The van der Waals surface area contributed by atoms with Crippen molar-refractivity contribution < 1.29 is 4.74 Å². The molecule has 1 aromatic rings. The zero-order valence-corrected chi connectivity index (χ0v) is 8.42. The number of ether oxygens (including phenoxy) is 1. The van der Waals surface area contributed by atoms with Gasteiger partial charge in [0.05, 0.1) is 13.2 Å². The summed E-state index contributed by atoms with van der Waals surface area (Å²) in [6.07, 6.45) is 3.09. The molecule has 2 heteroatoms. The minimum Gasteiger partial charge on any atom is -0.398 e. The van der Waals surface area contributed by atoms with Crippen molar-refractivity contribution in [2.75, 3.05) is 18.9 Å². The normalized spacial score (nSPS) is 16.5. The van der Waals surface area contributed by atoms with E-state index in [9.17, 15) is 0 Å². The third-order valence-electron chi connectivity index (χ3n) is 2.52. The Hall–Kier alpha value is -1.28. The highest BCUT2D eigenvalue weighted by atomic mass is 16.5. The fraction of sp³-hybridized carbons (Fsp3) is 0.333. The molecule has 1 aromatic carbocycles. The van der Waals surface area contributed by atoms with Gasteiger partial charge in [0.1, 0.15) is 0 Å². The Balaban J connectivity index is 2.39. The Bertz CT molecular complexity index is 369. The minimum absolute atomic E-state index is 0.711. The lowest BCUT2D eigenvalue weighted by Gasteiger charge is -2.15. The van der Waals surface area contributed by atoms with Crippen LogP contribution in [0.1, 0.15) is 17.5 Å². The molecule has 2 nitrogen and oxygen atoms in total. The molecule has 0 atom stereocenters. The standard InChI is InChI=1S/C12H15NO/c1-9-2-3-12(13)11(8-9)10-4-6-14-7-5-10/h2-4,8H,5-7,13H2,1H3. The Morgan fingerprint density at radius 2 is 2.21 bits per heavy atom. The first-order valence-corrected chi connectivity index (χ1v) is 4.90. The Morgan fingerprint density at radius 3 is 2.93 bits per heavy atom. The summed E-state index contributed by atoms with van der Waals surface area (Å²) in [4.78, 5) is 0. The monoisotopic (exact) mass is 189 g/mol. The molecule has 0 saturated heterocycles. The largest absolute Gasteiger partial charge is 0.398 e. The first kappa shape index (κ1) is 9.28. The summed E-state index contributed by atoms with van der Waals surface area (Å²) in [6, 6.07) is 6.16. The number of hydrogen-bond donors (Lipinski definition) is 1. The van der Waals surface area contributed by atoms with Gasteiger partial charge in [0.25, 0.3) is 0 Å². The molecule has 0 bridgehead atoms. The van der Waals surface area contributed by atoms with Crippen LogP contribution in [-0.2, 0) is 4.74 Å². The second-order valence-electron chi connectivity index (χ2n) is 3.64. The predicted octanol–water partition coefficient (Wildman–Crippen LogP) is 2.38. The van der Waals surface area contributed by atoms with E-state index < -0.39 is 0 Å². The van der Waals surface area contributed by atoms with Gasteiger partial charge in [-0.15, -0.1) is 0 Å². The molecule has 0 saturated carbocycles. The van der Waals surface area contributed by atoms with Crippen molar-refractivity contribution in [2.45, 2.75) is 13.3 Å². The van der Waals surface area contributed by atoms with Crippen LogP contribution in [0.5, 0.6) is 0 Å². The third kappa shape index (κ3) is 1.80. The van der Waals surface area contributed by atoms with E-state index in [1.807, 2.05) is 12.1 Å². The van der Waals surface area contributed by atoms with Gasteiger partial charge >= 0.3 is 0 Å². The molecule has 0 amide bonds. The van der Waals surface area contributed by atoms with Crippen molar-refractivity contribution in [1.29, 1.82) is 0 Å². The van der Waals surface area contributed by atoms with E-state index >= 15 is 0 Å². The van der Waals surface area contributed by atoms with Crippen molar-refractivity contribution in [2.24, 2.45) is 0 Å². The van der Waals surface area contributed by atoms with Gasteiger partial charge in [-0.3, -0.25) is 0 Å². The topological polar surface area (TPSA) is 35.2 Å². The first-order valence-electron chi connectivity index (χ1n) is 4.90. The molecule has 1 aliphatic heterocycles. The predicted molar refractivity (Wildman–Crippen MR) is 59.0 cm³/mol. The van der Waals surface area contributed by atoms with Gasteiger partial charge in [-0.05, 0) is 31.1 Å². The summed E-state index contributed by atoms with van der Waals surface area (Å²) < 4.78 is 5.27. The lowest BCUT2D eigenvalue weighted by Crippen LogP contribution is -2.05. The van der Waals surface area contributed by atoms with Gasteiger partial charge in [0.2, 0.25) is 0 Å². The van der Waals surface area contributed by atoms with E-state index in [2.05, 4.69) is 19.1 Å². The number of rotatable bonds is 1. The van der Waals surface area contributed by atoms with Gasteiger partial charge in [-0.1, -0.05) is 17.7 Å². The quantitative estimate of drug-likeness (QED) is 0.688. The zero-order chi connectivity index (χ0) is 9.97. The highest BCUT2D eigenvalue weighted by Gasteiger charge is 2.09. The van der Waals surface area contributed by atoms with Crippen LogP contribution in [0.15, 0.2) is 24.3 Å². The average molecular weight is 189 g/mol. The molecule has 74 valence electrons. The zero-order valence-electron chi connectivity index (χ0n) is 8.42. The molecule has 0 unspecified atom stereocenters. The maximum atomic E-state index is 5.94. The SMILES string of the molecule is Cc1ccc(N)c(C2=CCOCC2)c1. The first-order chi connectivity index (χ1) is 6.77. The van der Waals surface area contributed by atoms with E-state index in [0.29, 0.717) is 6.61 Å². The molecule has 0 radical (unpaired) electrons. The maximum absolute atomic E-state index is 5.94. The Labute approximate surface area is 84.4 Å². The lowest BCUT2D eigenvalue weighted by molar-refractivity contribution is 0.161. The van der Waals surface area contributed by atoms with E-state index in [1.165, 1.54) is 16.7 Å². The van der Waals surface area contributed by atoms with Gasteiger partial charge < -0.3 is 10.5 Å². The second-order valence-corrected chi connectivity index (χ2v) is 3.64. The van der Waals surface area contributed by atoms with E-state index in [-0.39, 0.29) is 0 Å². The van der Waals surface area contributed by atoms with Crippen molar-refractivity contribution in [3.8, 4) is 0 Å². The number of nitrogen functional groups attached to an aromatic ring is 1. The maximum Gasteiger partial charge on any atom is 0.0653 e. The molecule has 0 spiro atoms. The summed E-state index contributed by atoms with van der Waals surface area (Å²) in [7, 11) is 0. The van der Waals surface area contributed by atoms with E-state index in [1.54, 1.807) is 0 Å². The highest BCUT2D eigenvalue weighted by molar-refractivity contribution is 5.75. The number of anilines is 1. The van der Waals surface area contributed by atoms with Gasteiger partial charge in [-0.2, -0.15) is 0 Å². The molecule has 0 aliphatic carbocycles. The smallest absolute Gasteiger partial charge is 0.0653 e. The van der Waals surface area contributed by atoms with Crippen LogP contribution in [0, 0.1) is 6.92 Å². The van der Waals surface area contributed by atoms with Crippen molar-refractivity contribution >= 4 is 11.3 Å². The van der Waals surface area contributed by atoms with Crippen LogP contribution in [0.2, 0.25) is 0 Å². The minimum atomic E-state index is 0.711. The Morgan fingerprint density at radius 1 is 1.36 bits per heavy atom. The molecule has 0 aromatic heterocycles. The van der Waals surface area contributed by atoms with Gasteiger partial charge in [0.15, 0.2) is 0 Å². The van der Waals surface area contributed by atoms with E-state index in [0.717, 1.165) is 18.7 Å². The summed E-state index contributed by atoms with van der Waals surface area (Å²) in [6.45, 7) is 3.60. The number of nitrogens with two attached hydrogens (primary N) is 1. The van der Waals surface area contributed by atoms with Crippen LogP contribution < -0.4 is 5.73 Å². The van der Waals surface area contributed by atoms with Crippen LogP contribution in [0.4, 0.5) is 5.69 Å². The molecule has 0 fully saturated rings. The third-order valence-corrected chi connectivity index (χ3v) is 2.52. The molecule has 1 aliphatic rings. The fourth-order valence-electron chi connectivity index (χ4n) is 1.72. The van der Waals surface area contributed by atoms with Crippen molar-refractivity contribution in [1.82, 2.24) is 0 Å². The van der Waals surface area contributed by atoms with Crippen LogP contribution in [0.25, 0.3) is 5.57 Å². The summed E-state index contributed by atoms with van der Waals surface area (Å²) in [5.74, 6) is 0. The lowest BCUT2D eigenvalue weighted by atomic mass is 9.98. The molecule has 1 heterocycles. The number of aryl methyl sites for hydroxylation is 1. The van der Waals surface area contributed by atoms with Gasteiger partial charge in [0, 0.05) is 11.3 Å². The summed E-state index contributed by atoms with van der Waals surface area (Å²) in [5, 5.41) is 0. The number of benzene rings is 1. The molecule has 2 rings (SSSR count). The van der Waals surface area contributed by atoms with Crippen LogP contribution >= 0.6 is 0 Å². The summed E-state index contributed by atoms with van der Waals surface area (Å²) in [5.41, 5.74) is 10.5. The molecule has 2 N–H and O–H groups in total. The van der Waals surface area contributed by atoms with Crippen molar-refractivity contribution in [3.05, 3.63) is 35.4 Å². The Kier molecular flexibility index (Phi) is 2.55. The highest BCUT2D eigenvalue weighted by Crippen LogP contribution is 2.26. The van der Waals surface area contributed by atoms with Crippen LogP contribution in [0.3, 0.4) is 0 Å². The van der Waals surface area contributed by atoms with E-state index in [4.69, 9.17) is 10.5 Å². The van der Waals surface area contributed by atoms with Gasteiger partial charge in [-0.25, -0.2) is 0 Å². The fourth-order valence-corrected chi connectivity index (χ4v) is 1.72. The second kappa shape index (κ2) is 3.84. The number of hydrogen-bond acceptors (Lipinski definition) is 2.